The lowest BCUT2D eigenvalue weighted by Crippen LogP contribution is -2.34. The number of rotatable bonds is 6. The van der Waals surface area contributed by atoms with Gasteiger partial charge in [0, 0.05) is 24.7 Å². The molecule has 1 saturated carbocycles. The van der Waals surface area contributed by atoms with E-state index in [9.17, 15) is 9.50 Å². The molecule has 1 aliphatic carbocycles. The van der Waals surface area contributed by atoms with Gasteiger partial charge in [0.2, 0.25) is 0 Å². The van der Waals surface area contributed by atoms with Crippen molar-refractivity contribution < 1.29 is 9.50 Å². The van der Waals surface area contributed by atoms with Crippen molar-refractivity contribution in [2.75, 3.05) is 24.5 Å². The zero-order valence-electron chi connectivity index (χ0n) is 16.7. The van der Waals surface area contributed by atoms with Gasteiger partial charge in [0.15, 0.2) is 5.82 Å². The summed E-state index contributed by atoms with van der Waals surface area (Å²) in [7, 11) is 0. The number of anilines is 1. The predicted octanol–water partition coefficient (Wildman–Crippen LogP) is 3.39. The van der Waals surface area contributed by atoms with E-state index in [-0.39, 0.29) is 11.3 Å². The van der Waals surface area contributed by atoms with Crippen molar-refractivity contribution in [1.82, 2.24) is 24.9 Å². The van der Waals surface area contributed by atoms with Gasteiger partial charge >= 0.3 is 0 Å². The monoisotopic (exact) mass is 426 g/mol. The van der Waals surface area contributed by atoms with Crippen LogP contribution in [0.4, 0.5) is 10.2 Å². The third-order valence-electron chi connectivity index (χ3n) is 5.67. The maximum Gasteiger partial charge on any atom is 0.151 e. The molecular formula is C21H23FN6OS. The summed E-state index contributed by atoms with van der Waals surface area (Å²) < 4.78 is 18.7. The van der Waals surface area contributed by atoms with Crippen molar-refractivity contribution in [3.8, 4) is 27.6 Å². The Balaban J connectivity index is 1.31. The highest BCUT2D eigenvalue weighted by atomic mass is 32.1. The van der Waals surface area contributed by atoms with E-state index in [1.165, 1.54) is 25.0 Å². The largest absolute Gasteiger partial charge is 0.507 e. The summed E-state index contributed by atoms with van der Waals surface area (Å²) in [5.74, 6) is 1.70. The lowest BCUT2D eigenvalue weighted by atomic mass is 10.1. The Morgan fingerprint density at radius 2 is 2.07 bits per heavy atom. The van der Waals surface area contributed by atoms with Crippen molar-refractivity contribution in [1.29, 1.82) is 0 Å². The van der Waals surface area contributed by atoms with Crippen LogP contribution >= 0.6 is 11.5 Å². The summed E-state index contributed by atoms with van der Waals surface area (Å²) in [5, 5.41) is 23.1. The summed E-state index contributed by atoms with van der Waals surface area (Å²) >= 11 is 1.10. The summed E-state index contributed by atoms with van der Waals surface area (Å²) in [6.45, 7) is 4.71. The highest BCUT2D eigenvalue weighted by molar-refractivity contribution is 7.09. The van der Waals surface area contributed by atoms with E-state index in [4.69, 9.17) is 0 Å². The number of phenols is 1. The second-order valence-electron chi connectivity index (χ2n) is 8.06. The predicted molar refractivity (Wildman–Crippen MR) is 114 cm³/mol. The van der Waals surface area contributed by atoms with Crippen LogP contribution in [0.15, 0.2) is 24.3 Å². The Kier molecular flexibility index (Phi) is 5.08. The van der Waals surface area contributed by atoms with Gasteiger partial charge in [-0.25, -0.2) is 9.37 Å². The van der Waals surface area contributed by atoms with Gasteiger partial charge in [-0.2, -0.15) is 4.37 Å². The van der Waals surface area contributed by atoms with Crippen LogP contribution in [0.1, 0.15) is 25.1 Å². The topological polar surface area (TPSA) is 87.1 Å². The molecule has 0 unspecified atom stereocenters. The first kappa shape index (κ1) is 19.3. The van der Waals surface area contributed by atoms with E-state index in [0.29, 0.717) is 28.1 Å². The first-order valence-corrected chi connectivity index (χ1v) is 11.0. The number of nitrogens with one attached hydrogen (secondary N) is 1. The van der Waals surface area contributed by atoms with Crippen molar-refractivity contribution in [3.63, 3.8) is 0 Å². The molecule has 2 N–H and O–H groups in total. The van der Waals surface area contributed by atoms with Gasteiger partial charge < -0.3 is 15.3 Å². The van der Waals surface area contributed by atoms with Crippen LogP contribution in [0.2, 0.25) is 0 Å². The molecule has 1 saturated heterocycles. The average Bonchev–Trinajstić information content (AvgIpc) is 3.28. The van der Waals surface area contributed by atoms with E-state index >= 15 is 0 Å². The fourth-order valence-electron chi connectivity index (χ4n) is 3.77. The minimum Gasteiger partial charge on any atom is -0.507 e. The maximum absolute atomic E-state index is 14.7. The molecule has 0 radical (unpaired) electrons. The zero-order chi connectivity index (χ0) is 20.7. The van der Waals surface area contributed by atoms with Crippen LogP contribution < -0.4 is 10.2 Å². The molecule has 30 heavy (non-hydrogen) atoms. The standard InChI is InChI=1S/C21H23FN6OS/c1-12-24-21(30-27-12)15-9-19(29)16(8-17(15)22)18-4-5-20(26-25-18)28-7-6-14(11-28)23-10-13-2-3-13/h4-5,8-9,13-14,23,29H,2-3,6-7,10-11H2,1H3/t14-/m1/s1. The Morgan fingerprint density at radius 3 is 2.77 bits per heavy atom. The molecule has 0 bridgehead atoms. The first-order chi connectivity index (χ1) is 14.6. The molecule has 156 valence electrons. The number of phenolic OH excluding ortho intramolecular Hbond substituents is 1. The average molecular weight is 427 g/mol. The number of benzene rings is 1. The van der Waals surface area contributed by atoms with E-state index in [2.05, 4.69) is 29.8 Å². The maximum atomic E-state index is 14.7. The Hall–Kier alpha value is -2.65. The molecule has 7 nitrogen and oxygen atoms in total. The number of hydrogen-bond donors (Lipinski definition) is 2. The molecule has 5 rings (SSSR count). The quantitative estimate of drug-likeness (QED) is 0.625. The van der Waals surface area contributed by atoms with Crippen molar-refractivity contribution >= 4 is 17.4 Å². The molecule has 1 atom stereocenters. The van der Waals surface area contributed by atoms with E-state index < -0.39 is 5.82 Å². The normalized spacial score (nSPS) is 18.9. The Bertz CT molecular complexity index is 1050. The van der Waals surface area contributed by atoms with Crippen LogP contribution in [0.3, 0.4) is 0 Å². The fourth-order valence-corrected chi connectivity index (χ4v) is 4.45. The molecule has 3 aromatic rings. The van der Waals surface area contributed by atoms with Crippen molar-refractivity contribution in [3.05, 3.63) is 35.9 Å². The second kappa shape index (κ2) is 7.88. The summed E-state index contributed by atoms with van der Waals surface area (Å²) in [5.41, 5.74) is 0.966. The smallest absolute Gasteiger partial charge is 0.151 e. The number of halogens is 1. The third-order valence-corrected chi connectivity index (χ3v) is 6.51. The molecule has 2 aromatic heterocycles. The van der Waals surface area contributed by atoms with Crippen LogP contribution in [0.5, 0.6) is 5.75 Å². The van der Waals surface area contributed by atoms with Gasteiger partial charge in [-0.15, -0.1) is 10.2 Å². The molecule has 0 spiro atoms. The summed E-state index contributed by atoms with van der Waals surface area (Å²) in [6, 6.07) is 6.79. The van der Waals surface area contributed by atoms with Crippen LogP contribution in [0, 0.1) is 18.7 Å². The molecule has 1 aliphatic heterocycles. The lowest BCUT2D eigenvalue weighted by Gasteiger charge is -2.17. The Labute approximate surface area is 178 Å². The fraction of sp³-hybridized carbons (Fsp3) is 0.429. The molecule has 1 aromatic carbocycles. The number of aromatic hydroxyl groups is 1. The van der Waals surface area contributed by atoms with Gasteiger partial charge in [0.1, 0.15) is 22.4 Å². The van der Waals surface area contributed by atoms with Gasteiger partial charge in [-0.05, 0) is 74.4 Å². The highest BCUT2D eigenvalue weighted by Gasteiger charge is 2.27. The number of aryl methyl sites for hydroxylation is 1. The first-order valence-electron chi connectivity index (χ1n) is 10.2. The number of aromatic nitrogens is 4. The second-order valence-corrected chi connectivity index (χ2v) is 8.81. The van der Waals surface area contributed by atoms with Crippen LogP contribution in [-0.4, -0.2) is 50.3 Å². The van der Waals surface area contributed by atoms with E-state index in [0.717, 1.165) is 49.3 Å². The van der Waals surface area contributed by atoms with Crippen LogP contribution in [-0.2, 0) is 0 Å². The summed E-state index contributed by atoms with van der Waals surface area (Å²) in [4.78, 5) is 6.40. The van der Waals surface area contributed by atoms with Gasteiger partial charge in [-0.3, -0.25) is 0 Å². The third kappa shape index (κ3) is 3.99. The van der Waals surface area contributed by atoms with E-state index in [1.807, 2.05) is 6.07 Å². The van der Waals surface area contributed by atoms with Gasteiger partial charge in [-0.1, -0.05) is 0 Å². The molecule has 2 aliphatic rings. The molecule has 3 heterocycles. The van der Waals surface area contributed by atoms with Crippen LogP contribution in [0.25, 0.3) is 21.8 Å². The minimum absolute atomic E-state index is 0.0631. The van der Waals surface area contributed by atoms with Gasteiger partial charge in [0.05, 0.1) is 11.3 Å². The number of hydrogen-bond acceptors (Lipinski definition) is 8. The molecule has 0 amide bonds. The molecule has 9 heteroatoms. The Morgan fingerprint density at radius 1 is 1.20 bits per heavy atom. The zero-order valence-corrected chi connectivity index (χ0v) is 17.5. The molecular weight excluding hydrogens is 403 g/mol. The highest BCUT2D eigenvalue weighted by Crippen LogP contribution is 2.35. The summed E-state index contributed by atoms with van der Waals surface area (Å²) in [6.07, 6.45) is 3.80. The lowest BCUT2D eigenvalue weighted by molar-refractivity contribution is 0.475. The minimum atomic E-state index is -0.478. The number of nitrogens with zero attached hydrogens (tertiary/aromatic N) is 5. The van der Waals surface area contributed by atoms with Crippen molar-refractivity contribution in [2.45, 2.75) is 32.2 Å². The van der Waals surface area contributed by atoms with Crippen molar-refractivity contribution in [2.24, 2.45) is 5.92 Å². The van der Waals surface area contributed by atoms with Gasteiger partial charge in [0.25, 0.3) is 0 Å². The SMILES string of the molecule is Cc1nsc(-c2cc(O)c(-c3ccc(N4CC[C@@H](NCC5CC5)C4)nn3)cc2F)n1. The molecule has 2 fully saturated rings. The van der Waals surface area contributed by atoms with E-state index in [1.54, 1.807) is 13.0 Å².